The molecule has 0 radical (unpaired) electrons. The number of nitrogens with one attached hydrogen (secondary N) is 1. The molecule has 0 saturated carbocycles. The summed E-state index contributed by atoms with van der Waals surface area (Å²) >= 11 is 5.97. The van der Waals surface area contributed by atoms with E-state index in [9.17, 15) is 9.59 Å². The summed E-state index contributed by atoms with van der Waals surface area (Å²) in [4.78, 5) is 25.7. The first kappa shape index (κ1) is 18.8. The maximum Gasteiger partial charge on any atom is 0.244 e. The number of anilines is 2. The van der Waals surface area contributed by atoms with E-state index in [1.807, 2.05) is 19.9 Å². The topological polar surface area (TPSA) is 58.6 Å². The summed E-state index contributed by atoms with van der Waals surface area (Å²) in [6.45, 7) is 5.68. The van der Waals surface area contributed by atoms with E-state index >= 15 is 0 Å². The summed E-state index contributed by atoms with van der Waals surface area (Å²) < 4.78 is 5.39. The number of amides is 2. The summed E-state index contributed by atoms with van der Waals surface area (Å²) in [6, 6.07) is 12.3. The highest BCUT2D eigenvalue weighted by Gasteiger charge is 2.16. The Morgan fingerprint density at radius 2 is 1.84 bits per heavy atom. The number of rotatable bonds is 6. The molecular weight excluding hydrogens is 340 g/mol. The van der Waals surface area contributed by atoms with Gasteiger partial charge in [-0.15, -0.1) is 0 Å². The number of benzene rings is 2. The molecule has 0 heterocycles. The molecule has 2 rings (SSSR count). The van der Waals surface area contributed by atoms with Crippen molar-refractivity contribution in [3.63, 3.8) is 0 Å². The molecule has 0 saturated heterocycles. The molecule has 2 aromatic carbocycles. The molecule has 132 valence electrons. The lowest BCUT2D eigenvalue weighted by Gasteiger charge is -2.21. The van der Waals surface area contributed by atoms with Crippen LogP contribution in [0.4, 0.5) is 11.4 Å². The second kappa shape index (κ2) is 8.53. The third-order valence-corrected chi connectivity index (χ3v) is 3.85. The van der Waals surface area contributed by atoms with Gasteiger partial charge in [0.1, 0.15) is 12.3 Å². The van der Waals surface area contributed by atoms with Crippen molar-refractivity contribution >= 4 is 34.8 Å². The summed E-state index contributed by atoms with van der Waals surface area (Å²) in [5, 5.41) is 3.33. The number of carbonyl (C=O) groups is 2. The lowest BCUT2D eigenvalue weighted by molar-refractivity contribution is -0.120. The van der Waals surface area contributed by atoms with E-state index in [1.54, 1.807) is 36.4 Å². The Kier molecular flexibility index (Phi) is 6.42. The molecule has 0 spiro atoms. The van der Waals surface area contributed by atoms with Crippen LogP contribution in [0, 0.1) is 6.92 Å². The Balaban J connectivity index is 2.11. The monoisotopic (exact) mass is 360 g/mol. The summed E-state index contributed by atoms with van der Waals surface area (Å²) in [5.41, 5.74) is 2.16. The molecule has 0 fully saturated rings. The number of hydrogen-bond donors (Lipinski definition) is 1. The molecule has 0 aromatic heterocycles. The second-order valence-electron chi connectivity index (χ2n) is 5.54. The van der Waals surface area contributed by atoms with Crippen LogP contribution < -0.4 is 15.0 Å². The number of nitrogens with zero attached hydrogens (tertiary/aromatic N) is 1. The highest BCUT2D eigenvalue weighted by molar-refractivity contribution is 6.31. The second-order valence-corrected chi connectivity index (χ2v) is 5.98. The highest BCUT2D eigenvalue weighted by atomic mass is 35.5. The smallest absolute Gasteiger partial charge is 0.244 e. The summed E-state index contributed by atoms with van der Waals surface area (Å²) in [5.74, 6) is 0.199. The zero-order chi connectivity index (χ0) is 18.4. The predicted octanol–water partition coefficient (Wildman–Crippen LogP) is 4.04. The standard InChI is InChI=1S/C19H21ClN2O3/c1-4-25-17-9-7-16(8-10-17)22(14(3)23)12-19(24)21-18-11-15(20)6-5-13(18)2/h5-11H,4,12H2,1-3H3,(H,21,24). The van der Waals surface area contributed by atoms with Crippen molar-refractivity contribution in [3.8, 4) is 5.75 Å². The van der Waals surface area contributed by atoms with Gasteiger partial charge in [-0.25, -0.2) is 0 Å². The number of aryl methyl sites for hydroxylation is 1. The molecule has 0 unspecified atom stereocenters. The Labute approximate surface area is 152 Å². The molecule has 5 nitrogen and oxygen atoms in total. The molecule has 0 aliphatic rings. The molecule has 2 amide bonds. The van der Waals surface area contributed by atoms with Crippen molar-refractivity contribution in [2.45, 2.75) is 20.8 Å². The van der Waals surface area contributed by atoms with Gasteiger partial charge in [-0.3, -0.25) is 9.59 Å². The highest BCUT2D eigenvalue weighted by Crippen LogP contribution is 2.22. The van der Waals surface area contributed by atoms with Crippen LogP contribution >= 0.6 is 11.6 Å². The van der Waals surface area contributed by atoms with Gasteiger partial charge in [-0.05, 0) is 55.8 Å². The Morgan fingerprint density at radius 3 is 2.44 bits per heavy atom. The Hall–Kier alpha value is -2.53. The van der Waals surface area contributed by atoms with E-state index < -0.39 is 0 Å². The average molecular weight is 361 g/mol. The van der Waals surface area contributed by atoms with Crippen molar-refractivity contribution in [1.29, 1.82) is 0 Å². The van der Waals surface area contributed by atoms with Crippen molar-refractivity contribution in [2.24, 2.45) is 0 Å². The van der Waals surface area contributed by atoms with Crippen LogP contribution in [0.25, 0.3) is 0 Å². The number of carbonyl (C=O) groups excluding carboxylic acids is 2. The number of hydrogen-bond acceptors (Lipinski definition) is 3. The van der Waals surface area contributed by atoms with Crippen LogP contribution in [0.5, 0.6) is 5.75 Å². The van der Waals surface area contributed by atoms with Gasteiger partial charge in [0.2, 0.25) is 11.8 Å². The lowest BCUT2D eigenvalue weighted by Crippen LogP contribution is -2.36. The van der Waals surface area contributed by atoms with E-state index in [-0.39, 0.29) is 18.4 Å². The number of ether oxygens (including phenoxy) is 1. The molecule has 25 heavy (non-hydrogen) atoms. The van der Waals surface area contributed by atoms with Crippen LogP contribution in [-0.4, -0.2) is 25.0 Å². The van der Waals surface area contributed by atoms with E-state index in [0.29, 0.717) is 28.8 Å². The maximum absolute atomic E-state index is 12.4. The SMILES string of the molecule is CCOc1ccc(N(CC(=O)Nc2cc(Cl)ccc2C)C(C)=O)cc1. The quantitative estimate of drug-likeness (QED) is 0.845. The molecule has 0 bridgehead atoms. The van der Waals surface area contributed by atoms with Gasteiger partial charge in [0.25, 0.3) is 0 Å². The zero-order valence-corrected chi connectivity index (χ0v) is 15.3. The first-order valence-corrected chi connectivity index (χ1v) is 8.35. The van der Waals surface area contributed by atoms with Gasteiger partial charge in [0, 0.05) is 23.3 Å². The van der Waals surface area contributed by atoms with Crippen LogP contribution in [-0.2, 0) is 9.59 Å². The molecule has 2 aromatic rings. The van der Waals surface area contributed by atoms with Gasteiger partial charge in [0.15, 0.2) is 0 Å². The molecule has 0 aliphatic heterocycles. The summed E-state index contributed by atoms with van der Waals surface area (Å²) in [7, 11) is 0. The Morgan fingerprint density at radius 1 is 1.16 bits per heavy atom. The van der Waals surface area contributed by atoms with E-state index in [1.165, 1.54) is 11.8 Å². The van der Waals surface area contributed by atoms with E-state index in [0.717, 1.165) is 5.56 Å². The van der Waals surface area contributed by atoms with Crippen molar-refractivity contribution in [1.82, 2.24) is 0 Å². The minimum atomic E-state index is -0.297. The van der Waals surface area contributed by atoms with Crippen molar-refractivity contribution < 1.29 is 14.3 Å². The molecule has 0 atom stereocenters. The largest absolute Gasteiger partial charge is 0.494 e. The van der Waals surface area contributed by atoms with Crippen LogP contribution in [0.1, 0.15) is 19.4 Å². The van der Waals surface area contributed by atoms with Crippen molar-refractivity contribution in [2.75, 3.05) is 23.4 Å². The third-order valence-electron chi connectivity index (χ3n) is 3.61. The maximum atomic E-state index is 12.4. The summed E-state index contributed by atoms with van der Waals surface area (Å²) in [6.07, 6.45) is 0. The Bertz CT molecular complexity index is 760. The molecular formula is C19H21ClN2O3. The minimum Gasteiger partial charge on any atom is -0.494 e. The fourth-order valence-electron chi connectivity index (χ4n) is 2.34. The van der Waals surface area contributed by atoms with E-state index in [4.69, 9.17) is 16.3 Å². The van der Waals surface area contributed by atoms with E-state index in [2.05, 4.69) is 5.32 Å². The average Bonchev–Trinajstić information content (AvgIpc) is 2.57. The van der Waals surface area contributed by atoms with Gasteiger partial charge >= 0.3 is 0 Å². The van der Waals surface area contributed by atoms with Gasteiger partial charge in [-0.2, -0.15) is 0 Å². The van der Waals surface area contributed by atoms with Crippen LogP contribution in [0.15, 0.2) is 42.5 Å². The predicted molar refractivity (Wildman–Crippen MR) is 100 cm³/mol. The van der Waals surface area contributed by atoms with Gasteiger partial charge < -0.3 is 15.0 Å². The van der Waals surface area contributed by atoms with Gasteiger partial charge in [0.05, 0.1) is 6.61 Å². The van der Waals surface area contributed by atoms with Crippen LogP contribution in [0.2, 0.25) is 5.02 Å². The first-order valence-electron chi connectivity index (χ1n) is 7.97. The fraction of sp³-hybridized carbons (Fsp3) is 0.263. The van der Waals surface area contributed by atoms with Crippen molar-refractivity contribution in [3.05, 3.63) is 53.1 Å². The third kappa shape index (κ3) is 5.22. The molecule has 6 heteroatoms. The first-order chi connectivity index (χ1) is 11.9. The molecule has 0 aliphatic carbocycles. The lowest BCUT2D eigenvalue weighted by atomic mass is 10.2. The minimum absolute atomic E-state index is 0.0880. The molecule has 1 N–H and O–H groups in total. The normalized spacial score (nSPS) is 10.2. The van der Waals surface area contributed by atoms with Crippen LogP contribution in [0.3, 0.4) is 0 Å². The van der Waals surface area contributed by atoms with Gasteiger partial charge in [-0.1, -0.05) is 17.7 Å². The number of halogens is 1. The fourth-order valence-corrected chi connectivity index (χ4v) is 2.51. The zero-order valence-electron chi connectivity index (χ0n) is 14.5.